The standard InChI is InChI=1S/C10H13N3.C2H6/c1-8-6-12-10(13-7-8)9-2-4-11-5-3-9;1-2/h2,6-7,11H,3-5H2,1H3;1-2H3. The van der Waals surface area contributed by atoms with Gasteiger partial charge in [-0.25, -0.2) is 9.97 Å². The number of nitrogens with one attached hydrogen (secondary N) is 1. The van der Waals surface area contributed by atoms with Crippen LogP contribution in [0, 0.1) is 6.92 Å². The van der Waals surface area contributed by atoms with Gasteiger partial charge in [-0.1, -0.05) is 19.9 Å². The minimum atomic E-state index is 0.882. The Bertz CT molecular complexity index is 314. The third kappa shape index (κ3) is 3.44. The van der Waals surface area contributed by atoms with E-state index >= 15 is 0 Å². The average molecular weight is 205 g/mol. The molecule has 1 aliphatic rings. The Labute approximate surface area is 91.7 Å². The van der Waals surface area contributed by atoms with Gasteiger partial charge in [-0.3, -0.25) is 0 Å². The van der Waals surface area contributed by atoms with Crippen LogP contribution in [0.2, 0.25) is 0 Å². The normalized spacial score (nSPS) is 15.0. The zero-order valence-electron chi connectivity index (χ0n) is 9.75. The van der Waals surface area contributed by atoms with Gasteiger partial charge in [0.05, 0.1) is 0 Å². The summed E-state index contributed by atoms with van der Waals surface area (Å²) in [4.78, 5) is 8.59. The SMILES string of the molecule is CC.Cc1cnc(C2=CCNCC2)nc1. The van der Waals surface area contributed by atoms with Crippen molar-refractivity contribution in [2.75, 3.05) is 13.1 Å². The maximum absolute atomic E-state index is 4.29. The van der Waals surface area contributed by atoms with Crippen molar-refractivity contribution in [3.63, 3.8) is 0 Å². The summed E-state index contributed by atoms with van der Waals surface area (Å²) in [6.07, 6.45) is 6.92. The van der Waals surface area contributed by atoms with Crippen molar-refractivity contribution < 1.29 is 0 Å². The number of hydrogen-bond acceptors (Lipinski definition) is 3. The molecule has 3 heteroatoms. The van der Waals surface area contributed by atoms with Crippen molar-refractivity contribution in [3.8, 4) is 0 Å². The van der Waals surface area contributed by atoms with E-state index in [0.29, 0.717) is 0 Å². The van der Waals surface area contributed by atoms with Crippen LogP contribution in [0.25, 0.3) is 5.57 Å². The van der Waals surface area contributed by atoms with Gasteiger partial charge in [0.2, 0.25) is 0 Å². The smallest absolute Gasteiger partial charge is 0.154 e. The molecule has 0 aromatic carbocycles. The van der Waals surface area contributed by atoms with E-state index in [1.54, 1.807) is 0 Å². The third-order valence-electron chi connectivity index (χ3n) is 2.13. The first-order valence-electron chi connectivity index (χ1n) is 5.55. The van der Waals surface area contributed by atoms with Gasteiger partial charge < -0.3 is 5.32 Å². The van der Waals surface area contributed by atoms with Crippen molar-refractivity contribution >= 4 is 5.57 Å². The Kier molecular flexibility index (Phi) is 4.98. The predicted octanol–water partition coefficient (Wildman–Crippen LogP) is 2.19. The quantitative estimate of drug-likeness (QED) is 0.763. The van der Waals surface area contributed by atoms with Crippen LogP contribution in [-0.4, -0.2) is 23.1 Å². The van der Waals surface area contributed by atoms with E-state index in [1.807, 2.05) is 33.2 Å². The predicted molar refractivity (Wildman–Crippen MR) is 63.6 cm³/mol. The van der Waals surface area contributed by atoms with E-state index in [2.05, 4.69) is 21.4 Å². The molecule has 0 radical (unpaired) electrons. The van der Waals surface area contributed by atoms with Gasteiger partial charge in [-0.2, -0.15) is 0 Å². The van der Waals surface area contributed by atoms with E-state index in [0.717, 1.165) is 30.9 Å². The molecule has 1 aliphatic heterocycles. The lowest BCUT2D eigenvalue weighted by molar-refractivity contribution is 0.734. The van der Waals surface area contributed by atoms with E-state index in [1.165, 1.54) is 5.57 Å². The van der Waals surface area contributed by atoms with E-state index in [9.17, 15) is 0 Å². The fraction of sp³-hybridized carbons (Fsp3) is 0.500. The molecule has 0 bridgehead atoms. The lowest BCUT2D eigenvalue weighted by Gasteiger charge is -2.12. The molecule has 0 amide bonds. The summed E-state index contributed by atoms with van der Waals surface area (Å²) >= 11 is 0. The van der Waals surface area contributed by atoms with Crippen molar-refractivity contribution in [2.24, 2.45) is 0 Å². The van der Waals surface area contributed by atoms with Crippen LogP contribution in [0.3, 0.4) is 0 Å². The largest absolute Gasteiger partial charge is 0.313 e. The summed E-state index contributed by atoms with van der Waals surface area (Å²) in [6, 6.07) is 0. The minimum Gasteiger partial charge on any atom is -0.313 e. The molecule has 1 N–H and O–H groups in total. The van der Waals surface area contributed by atoms with Crippen LogP contribution < -0.4 is 5.32 Å². The molecular weight excluding hydrogens is 186 g/mol. The summed E-state index contributed by atoms with van der Waals surface area (Å²) in [5.41, 5.74) is 2.37. The zero-order valence-corrected chi connectivity index (χ0v) is 9.75. The molecule has 0 saturated carbocycles. The van der Waals surface area contributed by atoms with Gasteiger partial charge >= 0.3 is 0 Å². The highest BCUT2D eigenvalue weighted by atomic mass is 14.9. The molecule has 0 aliphatic carbocycles. The second kappa shape index (κ2) is 6.30. The molecule has 0 atom stereocenters. The molecule has 0 spiro atoms. The number of rotatable bonds is 1. The van der Waals surface area contributed by atoms with Crippen LogP contribution in [0.15, 0.2) is 18.5 Å². The van der Waals surface area contributed by atoms with Gasteiger partial charge in [0, 0.05) is 18.9 Å². The monoisotopic (exact) mass is 205 g/mol. The maximum Gasteiger partial charge on any atom is 0.154 e. The van der Waals surface area contributed by atoms with Gasteiger partial charge in [0.1, 0.15) is 0 Å². The lowest BCUT2D eigenvalue weighted by atomic mass is 10.1. The first-order chi connectivity index (χ1) is 7.36. The van der Waals surface area contributed by atoms with Crippen molar-refractivity contribution in [1.29, 1.82) is 0 Å². The molecule has 2 rings (SSSR count). The minimum absolute atomic E-state index is 0.882. The summed E-state index contributed by atoms with van der Waals surface area (Å²) < 4.78 is 0. The van der Waals surface area contributed by atoms with Crippen LogP contribution in [-0.2, 0) is 0 Å². The average Bonchev–Trinajstić information content (AvgIpc) is 2.34. The topological polar surface area (TPSA) is 37.8 Å². The summed E-state index contributed by atoms with van der Waals surface area (Å²) in [7, 11) is 0. The summed E-state index contributed by atoms with van der Waals surface area (Å²) in [5, 5.41) is 3.26. The molecule has 0 saturated heterocycles. The number of nitrogens with zero attached hydrogens (tertiary/aromatic N) is 2. The van der Waals surface area contributed by atoms with Gasteiger partial charge in [0.15, 0.2) is 5.82 Å². The Hall–Kier alpha value is -1.22. The van der Waals surface area contributed by atoms with E-state index in [4.69, 9.17) is 0 Å². The molecule has 0 unspecified atom stereocenters. The fourth-order valence-corrected chi connectivity index (χ4v) is 1.38. The summed E-state index contributed by atoms with van der Waals surface area (Å²) in [6.45, 7) is 7.97. The first kappa shape index (κ1) is 11.9. The molecule has 3 nitrogen and oxygen atoms in total. The molecule has 1 aromatic rings. The van der Waals surface area contributed by atoms with Crippen molar-refractivity contribution in [2.45, 2.75) is 27.2 Å². The van der Waals surface area contributed by atoms with Crippen LogP contribution >= 0.6 is 0 Å². The highest BCUT2D eigenvalue weighted by molar-refractivity contribution is 5.60. The van der Waals surface area contributed by atoms with Crippen LogP contribution in [0.4, 0.5) is 0 Å². The lowest BCUT2D eigenvalue weighted by Crippen LogP contribution is -2.20. The molecule has 2 heterocycles. The Morgan fingerprint density at radius 3 is 2.40 bits per heavy atom. The number of aryl methyl sites for hydroxylation is 1. The zero-order chi connectivity index (χ0) is 11.1. The number of hydrogen-bond donors (Lipinski definition) is 1. The molecule has 0 fully saturated rings. The Balaban J connectivity index is 0.000000531. The second-order valence-electron chi connectivity index (χ2n) is 3.27. The van der Waals surface area contributed by atoms with Crippen LogP contribution in [0.5, 0.6) is 0 Å². The maximum atomic E-state index is 4.29. The Morgan fingerprint density at radius 1 is 1.20 bits per heavy atom. The van der Waals surface area contributed by atoms with Crippen LogP contribution in [0.1, 0.15) is 31.7 Å². The Morgan fingerprint density at radius 2 is 1.87 bits per heavy atom. The van der Waals surface area contributed by atoms with Gasteiger partial charge in [-0.05, 0) is 31.0 Å². The molecule has 82 valence electrons. The summed E-state index contributed by atoms with van der Waals surface area (Å²) in [5.74, 6) is 0.882. The highest BCUT2D eigenvalue weighted by Crippen LogP contribution is 2.14. The van der Waals surface area contributed by atoms with Gasteiger partial charge in [-0.15, -0.1) is 0 Å². The molecule has 1 aromatic heterocycles. The number of aromatic nitrogens is 2. The van der Waals surface area contributed by atoms with Crippen molar-refractivity contribution in [1.82, 2.24) is 15.3 Å². The molecule has 15 heavy (non-hydrogen) atoms. The first-order valence-corrected chi connectivity index (χ1v) is 5.55. The fourth-order valence-electron chi connectivity index (χ4n) is 1.38. The van der Waals surface area contributed by atoms with E-state index < -0.39 is 0 Å². The van der Waals surface area contributed by atoms with E-state index in [-0.39, 0.29) is 0 Å². The third-order valence-corrected chi connectivity index (χ3v) is 2.13. The van der Waals surface area contributed by atoms with Gasteiger partial charge in [0.25, 0.3) is 0 Å². The second-order valence-corrected chi connectivity index (χ2v) is 3.27. The van der Waals surface area contributed by atoms with Crippen molar-refractivity contribution in [3.05, 3.63) is 29.9 Å². The molecular formula is C12H19N3. The highest BCUT2D eigenvalue weighted by Gasteiger charge is 2.07.